The van der Waals surface area contributed by atoms with Crippen LogP contribution in [0.15, 0.2) is 84.9 Å². The van der Waals surface area contributed by atoms with Crippen LogP contribution in [-0.2, 0) is 0 Å². The normalized spacial score (nSPS) is 18.5. The van der Waals surface area contributed by atoms with Crippen LogP contribution < -0.4 is 9.80 Å². The monoisotopic (exact) mass is 604 g/mol. The molecule has 0 aromatic heterocycles. The van der Waals surface area contributed by atoms with E-state index < -0.39 is 23.6 Å². The summed E-state index contributed by atoms with van der Waals surface area (Å²) < 4.78 is 0. The van der Waals surface area contributed by atoms with E-state index in [-0.39, 0.29) is 0 Å². The largest absolute Gasteiger partial charge is 0.268 e. The second-order valence-corrected chi connectivity index (χ2v) is 13.3. The van der Waals surface area contributed by atoms with Crippen LogP contribution in [0.2, 0.25) is 0 Å². The van der Waals surface area contributed by atoms with Gasteiger partial charge in [0.1, 0.15) is 0 Å². The molecule has 0 bridgehead atoms. The van der Waals surface area contributed by atoms with Gasteiger partial charge in [0, 0.05) is 21.9 Å². The van der Waals surface area contributed by atoms with E-state index >= 15 is 0 Å². The molecule has 46 heavy (non-hydrogen) atoms. The highest BCUT2D eigenvalue weighted by atomic mass is 16.2. The second kappa shape index (κ2) is 10.2. The zero-order chi connectivity index (χ0) is 31.1. The van der Waals surface area contributed by atoms with E-state index in [1.54, 1.807) is 12.1 Å². The predicted molar refractivity (Wildman–Crippen MR) is 179 cm³/mol. The Morgan fingerprint density at radius 3 is 1.28 bits per heavy atom. The molecule has 6 nitrogen and oxygen atoms in total. The molecule has 2 fully saturated rings. The van der Waals surface area contributed by atoms with Crippen molar-refractivity contribution in [3.8, 4) is 0 Å². The summed E-state index contributed by atoms with van der Waals surface area (Å²) in [6.07, 6.45) is 9.15. The Bertz CT molecular complexity index is 2020. The molecule has 2 heterocycles. The van der Waals surface area contributed by atoms with Gasteiger partial charge in [0.15, 0.2) is 0 Å². The van der Waals surface area contributed by atoms with Crippen molar-refractivity contribution in [1.29, 1.82) is 0 Å². The van der Waals surface area contributed by atoms with Crippen molar-refractivity contribution in [2.24, 2.45) is 0 Å². The third-order valence-electron chi connectivity index (χ3n) is 10.8. The Morgan fingerprint density at radius 1 is 0.457 bits per heavy atom. The lowest BCUT2D eigenvalue weighted by molar-refractivity contribution is 0.0874. The molecule has 0 unspecified atom stereocenters. The van der Waals surface area contributed by atoms with E-state index in [1.165, 1.54) is 35.5 Å². The lowest BCUT2D eigenvalue weighted by Gasteiger charge is -2.33. The summed E-state index contributed by atoms with van der Waals surface area (Å²) in [5.74, 6) is -0.914. The average Bonchev–Trinajstić information content (AvgIpc) is 3.82. The number of rotatable bonds is 4. The molecule has 0 radical (unpaired) electrons. The highest BCUT2D eigenvalue weighted by molar-refractivity contribution is 6.46. The van der Waals surface area contributed by atoms with Crippen molar-refractivity contribution in [2.45, 2.75) is 63.2 Å². The lowest BCUT2D eigenvalue weighted by atomic mass is 9.81. The number of nitrogens with zero attached hydrogens (tertiary/aromatic N) is 2. The van der Waals surface area contributed by atoms with E-state index in [4.69, 9.17) is 0 Å². The van der Waals surface area contributed by atoms with Crippen LogP contribution in [0, 0.1) is 0 Å². The predicted octanol–water partition coefficient (Wildman–Crippen LogP) is 8.91. The summed E-state index contributed by atoms with van der Waals surface area (Å²) in [6.45, 7) is 0. The molecule has 4 aliphatic rings. The number of hydrogen-bond acceptors (Lipinski definition) is 4. The molecule has 2 aliphatic carbocycles. The van der Waals surface area contributed by atoms with Crippen LogP contribution in [0.1, 0.15) is 116 Å². The molecule has 226 valence electrons. The number of amides is 4. The summed E-state index contributed by atoms with van der Waals surface area (Å²) >= 11 is 0. The Balaban J connectivity index is 1.23. The zero-order valence-corrected chi connectivity index (χ0v) is 25.4. The molecule has 2 saturated carbocycles. The van der Waals surface area contributed by atoms with Crippen molar-refractivity contribution >= 4 is 56.5 Å². The van der Waals surface area contributed by atoms with E-state index in [0.717, 1.165) is 36.8 Å². The first kappa shape index (κ1) is 27.2. The quantitative estimate of drug-likeness (QED) is 0.152. The maximum absolute atomic E-state index is 14.5. The molecule has 0 atom stereocenters. The van der Waals surface area contributed by atoms with Crippen molar-refractivity contribution in [3.63, 3.8) is 0 Å². The molecule has 0 N–H and O–H groups in total. The van der Waals surface area contributed by atoms with Crippen LogP contribution >= 0.6 is 0 Å². The maximum Gasteiger partial charge on any atom is 0.266 e. The van der Waals surface area contributed by atoms with E-state index in [0.29, 0.717) is 67.0 Å². The molecule has 5 aromatic carbocycles. The molecule has 6 heteroatoms. The van der Waals surface area contributed by atoms with Crippen LogP contribution in [0.5, 0.6) is 0 Å². The van der Waals surface area contributed by atoms with Crippen molar-refractivity contribution in [3.05, 3.63) is 118 Å². The van der Waals surface area contributed by atoms with Crippen LogP contribution in [0.25, 0.3) is 21.5 Å². The third-order valence-corrected chi connectivity index (χ3v) is 10.8. The first-order chi connectivity index (χ1) is 22.5. The third kappa shape index (κ3) is 3.82. The fourth-order valence-corrected chi connectivity index (χ4v) is 8.58. The fourth-order valence-electron chi connectivity index (χ4n) is 8.58. The number of benzene rings is 5. The first-order valence-electron chi connectivity index (χ1n) is 16.5. The highest BCUT2D eigenvalue weighted by Gasteiger charge is 2.43. The molecule has 4 amide bonds. The Hall–Kier alpha value is -5.10. The van der Waals surface area contributed by atoms with Gasteiger partial charge in [-0.1, -0.05) is 74.2 Å². The number of fused-ring (bicyclic) bond motifs is 3. The second-order valence-electron chi connectivity index (χ2n) is 13.3. The molecule has 2 aliphatic heterocycles. The summed E-state index contributed by atoms with van der Waals surface area (Å²) in [7, 11) is 0. The highest BCUT2D eigenvalue weighted by Crippen LogP contribution is 2.45. The fraction of sp³-hybridized carbons (Fsp3) is 0.250. The van der Waals surface area contributed by atoms with E-state index in [2.05, 4.69) is 12.1 Å². The van der Waals surface area contributed by atoms with E-state index in [1.807, 2.05) is 60.7 Å². The zero-order valence-electron chi connectivity index (χ0n) is 25.4. The molecule has 0 saturated heterocycles. The average molecular weight is 605 g/mol. The van der Waals surface area contributed by atoms with Gasteiger partial charge in [-0.15, -0.1) is 0 Å². The van der Waals surface area contributed by atoms with Gasteiger partial charge in [-0.2, -0.15) is 0 Å². The van der Waals surface area contributed by atoms with Crippen LogP contribution in [0.4, 0.5) is 11.4 Å². The van der Waals surface area contributed by atoms with Gasteiger partial charge in [0.25, 0.3) is 23.6 Å². The Labute approximate surface area is 266 Å². The molecular weight excluding hydrogens is 572 g/mol. The van der Waals surface area contributed by atoms with E-state index in [9.17, 15) is 19.2 Å². The Kier molecular flexibility index (Phi) is 6.04. The van der Waals surface area contributed by atoms with Crippen LogP contribution in [-0.4, -0.2) is 23.6 Å². The van der Waals surface area contributed by atoms with Gasteiger partial charge < -0.3 is 0 Å². The Morgan fingerprint density at radius 2 is 0.870 bits per heavy atom. The summed E-state index contributed by atoms with van der Waals surface area (Å²) in [5, 5.41) is 1.98. The van der Waals surface area contributed by atoms with Crippen LogP contribution in [0.3, 0.4) is 0 Å². The van der Waals surface area contributed by atoms with Crippen molar-refractivity contribution in [2.75, 3.05) is 9.80 Å². The van der Waals surface area contributed by atoms with Gasteiger partial charge >= 0.3 is 0 Å². The minimum Gasteiger partial charge on any atom is -0.268 e. The topological polar surface area (TPSA) is 74.8 Å². The summed E-state index contributed by atoms with van der Waals surface area (Å²) in [5.41, 5.74) is 4.73. The van der Waals surface area contributed by atoms with Gasteiger partial charge in [0.05, 0.1) is 22.5 Å². The first-order valence-corrected chi connectivity index (χ1v) is 16.5. The minimum atomic E-state index is -0.444. The maximum atomic E-state index is 14.5. The lowest BCUT2D eigenvalue weighted by Crippen LogP contribution is -2.43. The smallest absolute Gasteiger partial charge is 0.266 e. The molecule has 9 rings (SSSR count). The van der Waals surface area contributed by atoms with Gasteiger partial charge in [0.2, 0.25) is 0 Å². The SMILES string of the molecule is O=C1c2ccc3c4c(c5ccccc5c(c24)C(=O)N1c1cccc(C2CCCC2)c1)C(=O)N(c1cccc(C2CCCC2)c1)C3=O. The minimum absolute atomic E-state index is 0.323. The van der Waals surface area contributed by atoms with Gasteiger partial charge in [-0.3, -0.25) is 19.2 Å². The van der Waals surface area contributed by atoms with Crippen molar-refractivity contribution in [1.82, 2.24) is 0 Å². The summed E-state index contributed by atoms with van der Waals surface area (Å²) in [4.78, 5) is 60.1. The van der Waals surface area contributed by atoms with Gasteiger partial charge in [-0.25, -0.2) is 9.80 Å². The number of anilines is 2. The molecular formula is C40H32N2O4. The summed E-state index contributed by atoms with van der Waals surface area (Å²) in [6, 6.07) is 26.3. The number of carbonyl (C=O) groups excluding carboxylic acids is 4. The number of hydrogen-bond donors (Lipinski definition) is 0. The standard InChI is InChI=1S/C40H32N2O4/c43-37-31-19-20-32-34-33(31)35(39(45)41(37)27-15-7-13-25(21-27)23-9-1-2-10-23)29-17-5-6-18-30(29)36(34)40(46)42(38(32)44)28-16-8-14-26(22-28)24-11-3-4-12-24/h5-8,13-24H,1-4,9-12H2. The van der Waals surface area contributed by atoms with Crippen molar-refractivity contribution < 1.29 is 19.2 Å². The molecule has 0 spiro atoms. The number of imide groups is 2. The molecule has 5 aromatic rings. The van der Waals surface area contributed by atoms with Gasteiger partial charge in [-0.05, 0) is 95.8 Å². The number of carbonyl (C=O) groups is 4.